The number of hydrogen-bond acceptors (Lipinski definition) is 5. The average Bonchev–Trinajstić information content (AvgIpc) is 3.22. The van der Waals surface area contributed by atoms with Crippen molar-refractivity contribution in [2.24, 2.45) is 0 Å². The van der Waals surface area contributed by atoms with Crippen molar-refractivity contribution in [3.8, 4) is 0 Å². The van der Waals surface area contributed by atoms with Crippen LogP contribution < -0.4 is 10.2 Å². The zero-order valence-corrected chi connectivity index (χ0v) is 16.1. The van der Waals surface area contributed by atoms with Crippen molar-refractivity contribution in [1.29, 1.82) is 0 Å². The first-order valence-corrected chi connectivity index (χ1v) is 10.5. The van der Waals surface area contributed by atoms with Crippen molar-refractivity contribution in [3.63, 3.8) is 0 Å². The zero-order valence-electron chi connectivity index (χ0n) is 15.3. The van der Waals surface area contributed by atoms with Gasteiger partial charge in [-0.25, -0.2) is 8.42 Å². The van der Waals surface area contributed by atoms with E-state index in [-0.39, 0.29) is 29.3 Å². The van der Waals surface area contributed by atoms with E-state index in [2.05, 4.69) is 5.32 Å². The molecule has 29 heavy (non-hydrogen) atoms. The van der Waals surface area contributed by atoms with Crippen molar-refractivity contribution >= 4 is 33.0 Å². The molecule has 2 heterocycles. The van der Waals surface area contributed by atoms with Gasteiger partial charge in [0.2, 0.25) is 11.8 Å². The highest BCUT2D eigenvalue weighted by molar-refractivity contribution is 7.91. The van der Waals surface area contributed by atoms with Crippen LogP contribution in [0.2, 0.25) is 0 Å². The Balaban J connectivity index is 1.70. The monoisotopic (exact) mass is 410 g/mol. The number of carbonyl (C=O) groups excluding carboxylic acids is 2. The van der Waals surface area contributed by atoms with Crippen molar-refractivity contribution < 1.29 is 22.4 Å². The first-order chi connectivity index (χ1) is 14.0. The van der Waals surface area contributed by atoms with Gasteiger partial charge in [0.25, 0.3) is 0 Å². The summed E-state index contributed by atoms with van der Waals surface area (Å²) in [6.45, 7) is -0.300. The number of sulfone groups is 1. The summed E-state index contributed by atoms with van der Waals surface area (Å²) in [6, 6.07) is 18.2. The second kappa shape index (κ2) is 7.56. The number of carbonyl (C=O) groups is 2. The topological polar surface area (TPSA) is 96.7 Å². The molecule has 1 aliphatic rings. The molecule has 8 heteroatoms. The first-order valence-electron chi connectivity index (χ1n) is 8.98. The van der Waals surface area contributed by atoms with Gasteiger partial charge in [-0.3, -0.25) is 9.59 Å². The van der Waals surface area contributed by atoms with Gasteiger partial charge in [-0.05, 0) is 36.4 Å². The van der Waals surface area contributed by atoms with E-state index in [1.165, 1.54) is 29.4 Å². The number of furan rings is 1. The van der Waals surface area contributed by atoms with Crippen molar-refractivity contribution in [2.45, 2.75) is 16.6 Å². The largest absolute Gasteiger partial charge is 0.468 e. The Labute approximate surface area is 167 Å². The van der Waals surface area contributed by atoms with Gasteiger partial charge in [-0.15, -0.1) is 0 Å². The molecule has 1 N–H and O–H groups in total. The van der Waals surface area contributed by atoms with Gasteiger partial charge in [0, 0.05) is 5.69 Å². The predicted molar refractivity (Wildman–Crippen MR) is 107 cm³/mol. The molecule has 1 aliphatic heterocycles. The molecule has 0 bridgehead atoms. The number of hydrogen-bond donors (Lipinski definition) is 1. The molecule has 4 rings (SSSR count). The SMILES string of the molecule is O=C(CN1C(=O)CC(c2ccco2)S(=O)(=O)c2ccccc21)Nc1ccccc1. The van der Waals surface area contributed by atoms with E-state index >= 15 is 0 Å². The maximum absolute atomic E-state index is 13.3. The minimum absolute atomic E-state index is 0.000221. The molecule has 3 aromatic rings. The minimum Gasteiger partial charge on any atom is -0.468 e. The van der Waals surface area contributed by atoms with Gasteiger partial charge < -0.3 is 14.6 Å². The maximum Gasteiger partial charge on any atom is 0.244 e. The van der Waals surface area contributed by atoms with Crippen molar-refractivity contribution in [2.75, 3.05) is 16.8 Å². The smallest absolute Gasteiger partial charge is 0.244 e. The third kappa shape index (κ3) is 3.66. The van der Waals surface area contributed by atoms with Gasteiger partial charge in [0.15, 0.2) is 9.84 Å². The molecule has 0 saturated carbocycles. The maximum atomic E-state index is 13.3. The van der Waals surface area contributed by atoms with Crippen LogP contribution in [0.1, 0.15) is 17.4 Å². The number of nitrogens with one attached hydrogen (secondary N) is 1. The lowest BCUT2D eigenvalue weighted by molar-refractivity contribution is -0.121. The fraction of sp³-hybridized carbons (Fsp3) is 0.143. The number of benzene rings is 2. The molecule has 0 aliphatic carbocycles. The number of amides is 2. The highest BCUT2D eigenvalue weighted by Crippen LogP contribution is 2.40. The molecule has 0 spiro atoms. The zero-order chi connectivity index (χ0) is 20.4. The van der Waals surface area contributed by atoms with Gasteiger partial charge in [0.05, 0.1) is 23.3 Å². The summed E-state index contributed by atoms with van der Waals surface area (Å²) in [4.78, 5) is 26.8. The van der Waals surface area contributed by atoms with E-state index in [0.29, 0.717) is 5.69 Å². The summed E-state index contributed by atoms with van der Waals surface area (Å²) in [6.07, 6.45) is 1.06. The van der Waals surface area contributed by atoms with Gasteiger partial charge in [0.1, 0.15) is 17.6 Å². The van der Waals surface area contributed by atoms with E-state index in [1.807, 2.05) is 6.07 Å². The molecule has 0 saturated heterocycles. The minimum atomic E-state index is -3.89. The Morgan fingerprint density at radius 1 is 1.03 bits per heavy atom. The fourth-order valence-corrected chi connectivity index (χ4v) is 5.20. The van der Waals surface area contributed by atoms with Gasteiger partial charge in [-0.2, -0.15) is 0 Å². The number of para-hydroxylation sites is 2. The third-order valence-corrected chi connectivity index (χ3v) is 6.82. The molecule has 148 valence electrons. The average molecular weight is 410 g/mol. The number of anilines is 2. The molecule has 0 radical (unpaired) electrons. The molecular formula is C21H18N2O5S. The summed E-state index contributed by atoms with van der Waals surface area (Å²) < 4.78 is 31.8. The summed E-state index contributed by atoms with van der Waals surface area (Å²) >= 11 is 0. The highest BCUT2D eigenvalue weighted by atomic mass is 32.2. The fourth-order valence-electron chi connectivity index (χ4n) is 3.35. The normalized spacial score (nSPS) is 18.0. The standard InChI is InChI=1S/C21H18N2O5S/c24-20(22-15-7-2-1-3-8-15)14-23-16-9-4-5-11-18(16)29(26,27)19(13-21(23)25)17-10-6-12-28-17/h1-12,19H,13-14H2,(H,22,24). The van der Waals surface area contributed by atoms with Crippen molar-refractivity contribution in [1.82, 2.24) is 0 Å². The molecule has 0 fully saturated rings. The van der Waals surface area contributed by atoms with E-state index in [1.54, 1.807) is 42.5 Å². The van der Waals surface area contributed by atoms with Crippen LogP contribution in [0.5, 0.6) is 0 Å². The Bertz CT molecular complexity index is 1140. The van der Waals surface area contributed by atoms with Crippen molar-refractivity contribution in [3.05, 3.63) is 78.8 Å². The second-order valence-electron chi connectivity index (χ2n) is 6.62. The quantitative estimate of drug-likeness (QED) is 0.713. The van der Waals surface area contributed by atoms with Crippen LogP contribution in [0.3, 0.4) is 0 Å². The van der Waals surface area contributed by atoms with E-state index in [9.17, 15) is 18.0 Å². The van der Waals surface area contributed by atoms with Crippen LogP contribution in [-0.2, 0) is 19.4 Å². The highest BCUT2D eigenvalue weighted by Gasteiger charge is 2.41. The Kier molecular flexibility index (Phi) is 4.94. The summed E-state index contributed by atoms with van der Waals surface area (Å²) in [5.41, 5.74) is 0.781. The molecular weight excluding hydrogens is 392 g/mol. The lowest BCUT2D eigenvalue weighted by atomic mass is 10.2. The van der Waals surface area contributed by atoms with E-state index in [0.717, 1.165) is 0 Å². The van der Waals surface area contributed by atoms with Crippen LogP contribution in [-0.4, -0.2) is 26.8 Å². The Morgan fingerprint density at radius 2 is 1.76 bits per heavy atom. The predicted octanol–water partition coefficient (Wildman–Crippen LogP) is 3.17. The van der Waals surface area contributed by atoms with E-state index in [4.69, 9.17) is 4.42 Å². The molecule has 1 aromatic heterocycles. The van der Waals surface area contributed by atoms with E-state index < -0.39 is 26.9 Å². The Hall–Kier alpha value is -3.39. The summed E-state index contributed by atoms with van der Waals surface area (Å²) in [7, 11) is -3.89. The third-order valence-electron chi connectivity index (χ3n) is 4.72. The first kappa shape index (κ1) is 18.9. The molecule has 2 aromatic carbocycles. The molecule has 2 amide bonds. The van der Waals surface area contributed by atoms with Crippen LogP contribution in [0.25, 0.3) is 0 Å². The number of fused-ring (bicyclic) bond motifs is 1. The summed E-state index contributed by atoms with van der Waals surface area (Å²) in [5, 5.41) is 1.57. The molecule has 1 unspecified atom stereocenters. The summed E-state index contributed by atoms with van der Waals surface area (Å²) in [5.74, 6) is -0.694. The number of nitrogens with zero attached hydrogens (tertiary/aromatic N) is 1. The van der Waals surface area contributed by atoms with Gasteiger partial charge >= 0.3 is 0 Å². The van der Waals surface area contributed by atoms with Crippen LogP contribution in [0.4, 0.5) is 11.4 Å². The lowest BCUT2D eigenvalue weighted by Crippen LogP contribution is -2.38. The van der Waals surface area contributed by atoms with Crippen LogP contribution in [0.15, 0.2) is 82.3 Å². The Morgan fingerprint density at radius 3 is 2.48 bits per heavy atom. The molecule has 1 atom stereocenters. The number of rotatable bonds is 4. The lowest BCUT2D eigenvalue weighted by Gasteiger charge is -2.21. The van der Waals surface area contributed by atoms with Gasteiger partial charge in [-0.1, -0.05) is 30.3 Å². The molecule has 7 nitrogen and oxygen atoms in total. The van der Waals surface area contributed by atoms with Crippen LogP contribution in [0, 0.1) is 0 Å². The second-order valence-corrected chi connectivity index (χ2v) is 8.71. The van der Waals surface area contributed by atoms with Crippen LogP contribution >= 0.6 is 0 Å².